The first kappa shape index (κ1) is 20.8. The molecule has 3 N–H and O–H groups in total. The second kappa shape index (κ2) is 8.13. The summed E-state index contributed by atoms with van der Waals surface area (Å²) < 4.78 is 6.04. The molecule has 1 aliphatic rings. The standard InChI is InChI=1S/C21H20N8O3S/c1-11-5-12(13-7-15-20(24-8-13)33-21(22)27-15)6-14-9-28(3-4-32-17(11)14)19-16(29(30)31)18(23-2)25-10-26-19/h5-8,10H,3-4,9H2,1-2H3,(H2,22,27)(H,23,25,26). The van der Waals surface area contributed by atoms with Crippen LogP contribution in [0.3, 0.4) is 0 Å². The maximum Gasteiger partial charge on any atom is 0.353 e. The molecule has 33 heavy (non-hydrogen) atoms. The summed E-state index contributed by atoms with van der Waals surface area (Å²) in [4.78, 5) is 31.0. The van der Waals surface area contributed by atoms with Crippen molar-refractivity contribution in [3.63, 3.8) is 0 Å². The Morgan fingerprint density at radius 2 is 2.09 bits per heavy atom. The van der Waals surface area contributed by atoms with Crippen LogP contribution in [0.15, 0.2) is 30.7 Å². The second-order valence-corrected chi connectivity index (χ2v) is 8.56. The van der Waals surface area contributed by atoms with E-state index >= 15 is 0 Å². The molecule has 0 fully saturated rings. The molecule has 0 spiro atoms. The van der Waals surface area contributed by atoms with Gasteiger partial charge in [0.15, 0.2) is 5.13 Å². The van der Waals surface area contributed by atoms with Gasteiger partial charge in [0.05, 0.1) is 11.5 Å². The Hall–Kier alpha value is -4.06. The van der Waals surface area contributed by atoms with E-state index in [-0.39, 0.29) is 17.3 Å². The highest BCUT2D eigenvalue weighted by atomic mass is 32.1. The molecule has 0 aliphatic carbocycles. The molecule has 11 nitrogen and oxygen atoms in total. The number of nitrogens with two attached hydrogens (primary N) is 1. The quantitative estimate of drug-likeness (QED) is 0.340. The Morgan fingerprint density at radius 1 is 1.24 bits per heavy atom. The van der Waals surface area contributed by atoms with Crippen LogP contribution in [0.1, 0.15) is 11.1 Å². The zero-order valence-corrected chi connectivity index (χ0v) is 18.7. The van der Waals surface area contributed by atoms with E-state index in [0.29, 0.717) is 24.8 Å². The van der Waals surface area contributed by atoms with E-state index in [0.717, 1.165) is 38.4 Å². The molecule has 0 atom stereocenters. The van der Waals surface area contributed by atoms with Crippen molar-refractivity contribution >= 4 is 44.1 Å². The lowest BCUT2D eigenvalue weighted by Gasteiger charge is -2.21. The van der Waals surface area contributed by atoms with Gasteiger partial charge < -0.3 is 20.7 Å². The van der Waals surface area contributed by atoms with Crippen molar-refractivity contribution in [2.24, 2.45) is 0 Å². The predicted octanol–water partition coefficient (Wildman–Crippen LogP) is 3.39. The lowest BCUT2D eigenvalue weighted by atomic mass is 10.00. The fourth-order valence-electron chi connectivity index (χ4n) is 4.01. The Labute approximate surface area is 192 Å². The molecule has 0 amide bonds. The summed E-state index contributed by atoms with van der Waals surface area (Å²) in [5, 5.41) is 15.0. The summed E-state index contributed by atoms with van der Waals surface area (Å²) in [7, 11) is 1.59. The average Bonchev–Trinajstić information content (AvgIpc) is 3.03. The van der Waals surface area contributed by atoms with Crippen molar-refractivity contribution in [1.29, 1.82) is 0 Å². The van der Waals surface area contributed by atoms with Crippen LogP contribution in [-0.4, -0.2) is 45.1 Å². The smallest absolute Gasteiger partial charge is 0.353 e. The van der Waals surface area contributed by atoms with Gasteiger partial charge in [-0.15, -0.1) is 0 Å². The van der Waals surface area contributed by atoms with E-state index in [9.17, 15) is 10.1 Å². The monoisotopic (exact) mass is 464 g/mol. The van der Waals surface area contributed by atoms with Gasteiger partial charge in [0, 0.05) is 30.9 Å². The molecule has 1 aromatic carbocycles. The minimum absolute atomic E-state index is 0.160. The van der Waals surface area contributed by atoms with Gasteiger partial charge in [-0.2, -0.15) is 0 Å². The van der Waals surface area contributed by atoms with Gasteiger partial charge in [0.2, 0.25) is 11.6 Å². The summed E-state index contributed by atoms with van der Waals surface area (Å²) >= 11 is 1.35. The van der Waals surface area contributed by atoms with Crippen LogP contribution in [0.5, 0.6) is 5.75 Å². The highest BCUT2D eigenvalue weighted by Crippen LogP contribution is 2.37. The molecular formula is C21H20N8O3S. The Morgan fingerprint density at radius 3 is 2.88 bits per heavy atom. The second-order valence-electron chi connectivity index (χ2n) is 7.55. The number of ether oxygens (including phenoxy) is 1. The molecular weight excluding hydrogens is 444 g/mol. The summed E-state index contributed by atoms with van der Waals surface area (Å²) in [6.07, 6.45) is 3.12. The Balaban J connectivity index is 1.57. The summed E-state index contributed by atoms with van der Waals surface area (Å²) in [6, 6.07) is 6.02. The van der Waals surface area contributed by atoms with Crippen molar-refractivity contribution < 1.29 is 9.66 Å². The maximum absolute atomic E-state index is 11.8. The van der Waals surface area contributed by atoms with Gasteiger partial charge in [-0.05, 0) is 36.2 Å². The molecule has 4 heterocycles. The molecule has 0 radical (unpaired) electrons. The molecule has 168 valence electrons. The van der Waals surface area contributed by atoms with Crippen LogP contribution in [0.2, 0.25) is 0 Å². The van der Waals surface area contributed by atoms with Crippen molar-refractivity contribution in [3.05, 3.63) is 52.0 Å². The minimum atomic E-state index is -0.462. The van der Waals surface area contributed by atoms with Gasteiger partial charge in [0.25, 0.3) is 0 Å². The van der Waals surface area contributed by atoms with E-state index in [1.165, 1.54) is 17.7 Å². The largest absolute Gasteiger partial charge is 0.491 e. The van der Waals surface area contributed by atoms with Crippen LogP contribution in [0, 0.1) is 17.0 Å². The average molecular weight is 465 g/mol. The number of aryl methyl sites for hydroxylation is 1. The highest BCUT2D eigenvalue weighted by Gasteiger charge is 2.29. The fraction of sp³-hybridized carbons (Fsp3) is 0.238. The molecule has 0 unspecified atom stereocenters. The van der Waals surface area contributed by atoms with E-state index in [1.807, 2.05) is 30.0 Å². The Kier molecular flexibility index (Phi) is 5.13. The van der Waals surface area contributed by atoms with Crippen LogP contribution < -0.4 is 20.7 Å². The lowest BCUT2D eigenvalue weighted by molar-refractivity contribution is -0.383. The number of nitrogen functional groups attached to an aromatic ring is 1. The topological polar surface area (TPSA) is 145 Å². The zero-order chi connectivity index (χ0) is 23.1. The number of hydrogen-bond acceptors (Lipinski definition) is 11. The number of hydrogen-bond donors (Lipinski definition) is 2. The van der Waals surface area contributed by atoms with Crippen molar-refractivity contribution in [3.8, 4) is 16.9 Å². The highest BCUT2D eigenvalue weighted by molar-refractivity contribution is 7.21. The van der Waals surface area contributed by atoms with Crippen molar-refractivity contribution in [1.82, 2.24) is 19.9 Å². The van der Waals surface area contributed by atoms with Gasteiger partial charge in [-0.25, -0.2) is 19.9 Å². The number of nitro groups is 1. The van der Waals surface area contributed by atoms with E-state index in [2.05, 4.69) is 25.3 Å². The van der Waals surface area contributed by atoms with E-state index < -0.39 is 4.92 Å². The molecule has 0 saturated heterocycles. The number of aromatic nitrogens is 4. The van der Waals surface area contributed by atoms with Crippen LogP contribution in [0.25, 0.3) is 21.5 Å². The summed E-state index contributed by atoms with van der Waals surface area (Å²) in [5.41, 5.74) is 10.1. The molecule has 0 bridgehead atoms. The van der Waals surface area contributed by atoms with Crippen molar-refractivity contribution in [2.75, 3.05) is 36.1 Å². The number of thiazole rings is 1. The van der Waals surface area contributed by atoms with Gasteiger partial charge in [0.1, 0.15) is 29.0 Å². The maximum atomic E-state index is 11.8. The molecule has 0 saturated carbocycles. The Bertz CT molecular complexity index is 1390. The molecule has 1 aliphatic heterocycles. The number of nitrogens with one attached hydrogen (secondary N) is 1. The van der Waals surface area contributed by atoms with E-state index in [4.69, 9.17) is 10.5 Å². The normalized spacial score (nSPS) is 13.3. The summed E-state index contributed by atoms with van der Waals surface area (Å²) in [6.45, 7) is 3.19. The number of anilines is 3. The third-order valence-electron chi connectivity index (χ3n) is 5.44. The van der Waals surface area contributed by atoms with Gasteiger partial charge in [-0.1, -0.05) is 11.3 Å². The number of benzene rings is 1. The first-order valence-electron chi connectivity index (χ1n) is 10.2. The fourth-order valence-corrected chi connectivity index (χ4v) is 4.67. The van der Waals surface area contributed by atoms with Crippen LogP contribution in [0.4, 0.5) is 22.5 Å². The molecule has 4 aromatic rings. The van der Waals surface area contributed by atoms with E-state index in [1.54, 1.807) is 13.2 Å². The lowest BCUT2D eigenvalue weighted by Crippen LogP contribution is -2.27. The van der Waals surface area contributed by atoms with Crippen LogP contribution >= 0.6 is 11.3 Å². The third-order valence-corrected chi connectivity index (χ3v) is 6.25. The third kappa shape index (κ3) is 3.74. The minimum Gasteiger partial charge on any atom is -0.491 e. The predicted molar refractivity (Wildman–Crippen MR) is 127 cm³/mol. The number of rotatable bonds is 4. The molecule has 12 heteroatoms. The first-order chi connectivity index (χ1) is 15.9. The summed E-state index contributed by atoms with van der Waals surface area (Å²) in [5.74, 6) is 1.20. The SMILES string of the molecule is CNc1ncnc(N2CCOc3c(C)cc(-c4cnc5sc(N)nc5c4)cc3C2)c1[N+](=O)[O-]. The number of fused-ring (bicyclic) bond motifs is 2. The molecule has 5 rings (SSSR count). The van der Waals surface area contributed by atoms with Crippen LogP contribution in [-0.2, 0) is 6.54 Å². The number of pyridine rings is 1. The molecule has 3 aromatic heterocycles. The van der Waals surface area contributed by atoms with Crippen molar-refractivity contribution in [2.45, 2.75) is 13.5 Å². The number of nitrogens with zero attached hydrogens (tertiary/aromatic N) is 6. The first-order valence-corrected chi connectivity index (χ1v) is 11.0. The van der Waals surface area contributed by atoms with Gasteiger partial charge >= 0.3 is 5.69 Å². The van der Waals surface area contributed by atoms with Gasteiger partial charge in [-0.3, -0.25) is 10.1 Å². The zero-order valence-electron chi connectivity index (χ0n) is 17.9.